The fourth-order valence-corrected chi connectivity index (χ4v) is 4.56. The molecule has 8 heteroatoms. The number of nitrogens with one attached hydrogen (secondary N) is 1. The van der Waals surface area contributed by atoms with E-state index < -0.39 is 0 Å². The van der Waals surface area contributed by atoms with E-state index >= 15 is 0 Å². The fraction of sp³-hybridized carbons (Fsp3) is 0.600. The van der Waals surface area contributed by atoms with Crippen molar-refractivity contribution in [1.29, 1.82) is 0 Å². The van der Waals surface area contributed by atoms with Gasteiger partial charge in [0.05, 0.1) is 6.04 Å². The van der Waals surface area contributed by atoms with Gasteiger partial charge in [0.2, 0.25) is 5.91 Å². The molecule has 1 N–H and O–H groups in total. The highest BCUT2D eigenvalue weighted by Gasteiger charge is 2.41. The first kappa shape index (κ1) is 17.5. The van der Waals surface area contributed by atoms with Gasteiger partial charge in [0.15, 0.2) is 5.82 Å². The molecule has 0 spiro atoms. The quantitative estimate of drug-likeness (QED) is 0.858. The normalized spacial score (nSPS) is 24.2. The van der Waals surface area contributed by atoms with E-state index in [0.717, 1.165) is 50.0 Å². The van der Waals surface area contributed by atoms with Gasteiger partial charge in [0, 0.05) is 62.3 Å². The number of amides is 2. The first-order valence-corrected chi connectivity index (χ1v) is 10.2. The molecule has 5 rings (SSSR count). The van der Waals surface area contributed by atoms with Crippen LogP contribution in [0.15, 0.2) is 18.5 Å². The molecule has 1 aliphatic carbocycles. The van der Waals surface area contributed by atoms with Gasteiger partial charge in [0.1, 0.15) is 0 Å². The van der Waals surface area contributed by atoms with Gasteiger partial charge < -0.3 is 14.8 Å². The van der Waals surface area contributed by atoms with Crippen LogP contribution in [0.1, 0.15) is 53.6 Å². The molecule has 2 aliphatic heterocycles. The van der Waals surface area contributed by atoms with Crippen LogP contribution < -0.4 is 5.32 Å². The first-order chi connectivity index (χ1) is 13.6. The average molecular weight is 382 g/mol. The third-order valence-corrected chi connectivity index (χ3v) is 6.32. The Morgan fingerprint density at radius 1 is 1.21 bits per heavy atom. The van der Waals surface area contributed by atoms with Crippen molar-refractivity contribution in [2.45, 2.75) is 50.6 Å². The number of hydrogen-bond acceptors (Lipinski definition) is 4. The summed E-state index contributed by atoms with van der Waals surface area (Å²) in [6.45, 7) is 1.93. The molecule has 2 atom stereocenters. The number of aromatic nitrogens is 4. The van der Waals surface area contributed by atoms with Gasteiger partial charge in [-0.2, -0.15) is 5.10 Å². The fourth-order valence-electron chi connectivity index (χ4n) is 4.56. The van der Waals surface area contributed by atoms with Crippen molar-refractivity contribution in [2.75, 3.05) is 13.1 Å². The van der Waals surface area contributed by atoms with Gasteiger partial charge >= 0.3 is 0 Å². The van der Waals surface area contributed by atoms with Crippen molar-refractivity contribution < 1.29 is 9.59 Å². The lowest BCUT2D eigenvalue weighted by atomic mass is 9.99. The zero-order valence-electron chi connectivity index (χ0n) is 16.2. The van der Waals surface area contributed by atoms with Crippen LogP contribution >= 0.6 is 0 Å². The number of nitrogens with zero attached hydrogens (tertiary/aromatic N) is 5. The number of carbonyl (C=O) groups is 2. The van der Waals surface area contributed by atoms with E-state index in [1.54, 1.807) is 6.20 Å². The second-order valence-corrected chi connectivity index (χ2v) is 8.27. The lowest BCUT2D eigenvalue weighted by molar-refractivity contribution is -0.123. The Morgan fingerprint density at radius 2 is 2.07 bits per heavy atom. The lowest BCUT2D eigenvalue weighted by Gasteiger charge is -2.20. The van der Waals surface area contributed by atoms with Gasteiger partial charge in [-0.3, -0.25) is 14.3 Å². The van der Waals surface area contributed by atoms with Crippen molar-refractivity contribution in [3.05, 3.63) is 35.7 Å². The van der Waals surface area contributed by atoms with Crippen LogP contribution in [0.25, 0.3) is 0 Å². The van der Waals surface area contributed by atoms with Crippen LogP contribution in [-0.2, 0) is 24.8 Å². The molecular weight excluding hydrogens is 356 g/mol. The molecule has 2 aromatic heterocycles. The summed E-state index contributed by atoms with van der Waals surface area (Å²) in [7, 11) is 1.91. The van der Waals surface area contributed by atoms with Crippen LogP contribution in [-0.4, -0.2) is 55.2 Å². The van der Waals surface area contributed by atoms with Crippen LogP contribution in [0.4, 0.5) is 0 Å². The van der Waals surface area contributed by atoms with E-state index in [1.165, 1.54) is 0 Å². The van der Waals surface area contributed by atoms with Crippen LogP contribution in [0.5, 0.6) is 0 Å². The lowest BCUT2D eigenvalue weighted by Crippen LogP contribution is -2.41. The molecule has 28 heavy (non-hydrogen) atoms. The second kappa shape index (κ2) is 6.76. The highest BCUT2D eigenvalue weighted by molar-refractivity contribution is 5.91. The molecule has 148 valence electrons. The molecule has 2 fully saturated rings. The Hall–Kier alpha value is -2.64. The molecule has 8 nitrogen and oxygen atoms in total. The van der Waals surface area contributed by atoms with Crippen molar-refractivity contribution in [3.63, 3.8) is 0 Å². The minimum Gasteiger partial charge on any atom is -0.351 e. The molecular formula is C20H26N6O2. The SMILES string of the molecule is Cn1nccc1[C@@H]1CN(C(=O)c2ncc3n2CCCC3)C[C@H]1NC(=O)C1CC1. The molecule has 0 aromatic carbocycles. The molecule has 0 unspecified atom stereocenters. The Morgan fingerprint density at radius 3 is 2.82 bits per heavy atom. The standard InChI is InChI=1S/C20H26N6O2/c1-24-17(7-8-22-24)15-11-25(12-16(15)23-19(27)13-5-6-13)20(28)18-21-10-14-4-2-3-9-26(14)18/h7-8,10,13,15-16H,2-6,9,11-12H2,1H3,(H,23,27)/t15-,16-/m1/s1. The third-order valence-electron chi connectivity index (χ3n) is 6.32. The van der Waals surface area contributed by atoms with E-state index in [2.05, 4.69) is 20.0 Å². The molecule has 0 bridgehead atoms. The summed E-state index contributed by atoms with van der Waals surface area (Å²) in [4.78, 5) is 32.0. The Kier molecular flexibility index (Phi) is 4.21. The summed E-state index contributed by atoms with van der Waals surface area (Å²) in [5.74, 6) is 0.798. The van der Waals surface area contributed by atoms with Gasteiger partial charge in [-0.15, -0.1) is 0 Å². The molecule has 2 aromatic rings. The minimum absolute atomic E-state index is 0.0370. The van der Waals surface area contributed by atoms with Crippen LogP contribution in [0.3, 0.4) is 0 Å². The summed E-state index contributed by atoms with van der Waals surface area (Å²) >= 11 is 0. The van der Waals surface area contributed by atoms with Gasteiger partial charge in [0.25, 0.3) is 5.91 Å². The second-order valence-electron chi connectivity index (χ2n) is 8.27. The number of imidazole rings is 1. The average Bonchev–Trinajstić information content (AvgIpc) is 3.13. The molecule has 4 heterocycles. The maximum Gasteiger partial charge on any atom is 0.289 e. The predicted molar refractivity (Wildman–Crippen MR) is 102 cm³/mol. The van der Waals surface area contributed by atoms with Crippen molar-refractivity contribution in [1.82, 2.24) is 29.5 Å². The third kappa shape index (κ3) is 3.00. The number of rotatable bonds is 4. The minimum atomic E-state index is -0.0942. The van der Waals surface area contributed by atoms with E-state index in [0.29, 0.717) is 18.9 Å². The van der Waals surface area contributed by atoms with Crippen molar-refractivity contribution in [2.24, 2.45) is 13.0 Å². The summed E-state index contributed by atoms with van der Waals surface area (Å²) in [5.41, 5.74) is 2.19. The van der Waals surface area contributed by atoms with E-state index in [-0.39, 0.29) is 29.7 Å². The van der Waals surface area contributed by atoms with E-state index in [1.807, 2.05) is 28.9 Å². The Balaban J connectivity index is 1.39. The topological polar surface area (TPSA) is 85.1 Å². The molecule has 0 radical (unpaired) electrons. The number of hydrogen-bond donors (Lipinski definition) is 1. The predicted octanol–water partition coefficient (Wildman–Crippen LogP) is 1.09. The summed E-state index contributed by atoms with van der Waals surface area (Å²) in [6.07, 6.45) is 8.77. The number of fused-ring (bicyclic) bond motifs is 1. The van der Waals surface area contributed by atoms with Gasteiger partial charge in [-0.1, -0.05) is 0 Å². The maximum atomic E-state index is 13.3. The van der Waals surface area contributed by atoms with E-state index in [9.17, 15) is 9.59 Å². The van der Waals surface area contributed by atoms with E-state index in [4.69, 9.17) is 0 Å². The Bertz CT molecular complexity index is 912. The van der Waals surface area contributed by atoms with Crippen molar-refractivity contribution >= 4 is 11.8 Å². The summed E-state index contributed by atoms with van der Waals surface area (Å²) in [6, 6.07) is 1.88. The van der Waals surface area contributed by atoms with Crippen LogP contribution in [0, 0.1) is 5.92 Å². The number of carbonyl (C=O) groups excluding carboxylic acids is 2. The molecule has 3 aliphatic rings. The number of likely N-dealkylation sites (tertiary alicyclic amines) is 1. The van der Waals surface area contributed by atoms with Gasteiger partial charge in [-0.25, -0.2) is 4.98 Å². The van der Waals surface area contributed by atoms with Gasteiger partial charge in [-0.05, 0) is 38.2 Å². The van der Waals surface area contributed by atoms with Crippen LogP contribution in [0.2, 0.25) is 0 Å². The smallest absolute Gasteiger partial charge is 0.289 e. The Labute approximate surface area is 163 Å². The maximum absolute atomic E-state index is 13.3. The largest absolute Gasteiger partial charge is 0.351 e. The molecule has 1 saturated heterocycles. The monoisotopic (exact) mass is 382 g/mol. The summed E-state index contributed by atoms with van der Waals surface area (Å²) in [5, 5.41) is 7.48. The highest BCUT2D eigenvalue weighted by Crippen LogP contribution is 2.32. The first-order valence-electron chi connectivity index (χ1n) is 10.2. The zero-order chi connectivity index (χ0) is 19.3. The number of aryl methyl sites for hydroxylation is 2. The zero-order valence-corrected chi connectivity index (χ0v) is 16.2. The summed E-state index contributed by atoms with van der Waals surface area (Å²) < 4.78 is 3.91. The van der Waals surface area contributed by atoms with Crippen molar-refractivity contribution in [3.8, 4) is 0 Å². The molecule has 2 amide bonds. The molecule has 1 saturated carbocycles. The highest BCUT2D eigenvalue weighted by atomic mass is 16.2.